The third-order valence-corrected chi connectivity index (χ3v) is 4.42. The second kappa shape index (κ2) is 9.25. The zero-order chi connectivity index (χ0) is 25.1. The number of nitrogens with two attached hydrogens (primary N) is 1. The Morgan fingerprint density at radius 3 is 1.68 bits per heavy atom. The van der Waals surface area contributed by atoms with Crippen LogP contribution in [0.4, 0.5) is 37.7 Å². The Kier molecular flexibility index (Phi) is 6.61. The molecule has 2 aromatic heterocycles. The molecular formula is C20H14F6N6O2. The molecule has 0 fully saturated rings. The first kappa shape index (κ1) is 24.3. The van der Waals surface area contributed by atoms with Crippen molar-refractivity contribution in [1.29, 1.82) is 0 Å². The minimum atomic E-state index is -4.61. The van der Waals surface area contributed by atoms with Crippen molar-refractivity contribution >= 4 is 11.4 Å². The number of halogens is 6. The van der Waals surface area contributed by atoms with Gasteiger partial charge < -0.3 is 14.9 Å². The largest absolute Gasteiger partial charge is 0.416 e. The van der Waals surface area contributed by atoms with Gasteiger partial charge in [-0.3, -0.25) is 10.1 Å². The number of hydrogen-bond acceptors (Lipinski definition) is 5. The van der Waals surface area contributed by atoms with Gasteiger partial charge in [-0.25, -0.2) is 9.97 Å². The molecule has 0 spiro atoms. The summed E-state index contributed by atoms with van der Waals surface area (Å²) in [7, 11) is 0. The maximum Gasteiger partial charge on any atom is 0.416 e. The fourth-order valence-corrected chi connectivity index (χ4v) is 2.83. The average molecular weight is 484 g/mol. The summed E-state index contributed by atoms with van der Waals surface area (Å²) in [6.07, 6.45) is -0.318. The summed E-state index contributed by atoms with van der Waals surface area (Å²) in [4.78, 5) is 17.4. The lowest BCUT2D eigenvalue weighted by Gasteiger charge is -2.10. The number of benzene rings is 2. The van der Waals surface area contributed by atoms with Gasteiger partial charge in [0.2, 0.25) is 0 Å². The average Bonchev–Trinajstić information content (AvgIpc) is 3.47. The van der Waals surface area contributed by atoms with Crippen molar-refractivity contribution in [3.63, 3.8) is 0 Å². The first-order valence-electron chi connectivity index (χ1n) is 9.17. The molecule has 0 aliphatic carbocycles. The highest BCUT2D eigenvalue weighted by atomic mass is 19.4. The van der Waals surface area contributed by atoms with E-state index in [1.54, 1.807) is 10.8 Å². The summed E-state index contributed by atoms with van der Waals surface area (Å²) in [5, 5.41) is 10.8. The van der Waals surface area contributed by atoms with Crippen LogP contribution in [0.25, 0.3) is 11.4 Å². The normalized spacial score (nSPS) is 11.6. The molecule has 0 aliphatic heterocycles. The van der Waals surface area contributed by atoms with Crippen LogP contribution in [0.1, 0.15) is 11.1 Å². The van der Waals surface area contributed by atoms with Gasteiger partial charge in [-0.1, -0.05) is 0 Å². The summed E-state index contributed by atoms with van der Waals surface area (Å²) >= 11 is 0. The molecule has 0 atom stereocenters. The molecular weight excluding hydrogens is 470 g/mol. The third kappa shape index (κ3) is 5.51. The van der Waals surface area contributed by atoms with E-state index in [0.29, 0.717) is 11.8 Å². The Balaban J connectivity index is 0.000000192. The number of alkyl halides is 6. The van der Waals surface area contributed by atoms with Gasteiger partial charge in [-0.05, 0) is 30.3 Å². The second-order valence-corrected chi connectivity index (χ2v) is 6.67. The molecule has 14 heteroatoms. The first-order valence-corrected chi connectivity index (χ1v) is 9.17. The second-order valence-electron chi connectivity index (χ2n) is 6.67. The maximum absolute atomic E-state index is 12.5. The van der Waals surface area contributed by atoms with Gasteiger partial charge in [-0.15, -0.1) is 0 Å². The number of nitro benzene ring substituents is 1. The van der Waals surface area contributed by atoms with Gasteiger partial charge in [0, 0.05) is 30.9 Å². The molecule has 0 saturated heterocycles. The minimum Gasteiger partial charge on any atom is -0.397 e. The van der Waals surface area contributed by atoms with E-state index in [2.05, 4.69) is 9.97 Å². The summed E-state index contributed by atoms with van der Waals surface area (Å²) in [5.74, 6) is 0. The van der Waals surface area contributed by atoms with Gasteiger partial charge >= 0.3 is 12.4 Å². The summed E-state index contributed by atoms with van der Waals surface area (Å²) < 4.78 is 77.3. The SMILES string of the molecule is Nc1cc(C(F)(F)F)ccc1-n1ccnc1.O=[N+]([O-])c1cc(C(F)(F)F)ccc1-n1ccnc1. The number of hydrogen-bond donors (Lipinski definition) is 1. The van der Waals surface area contributed by atoms with Crippen LogP contribution in [0.5, 0.6) is 0 Å². The third-order valence-electron chi connectivity index (χ3n) is 4.42. The van der Waals surface area contributed by atoms with Crippen molar-refractivity contribution in [2.24, 2.45) is 0 Å². The molecule has 0 amide bonds. The Morgan fingerprint density at radius 1 is 0.794 bits per heavy atom. The molecule has 0 saturated carbocycles. The number of nitrogens with zero attached hydrogens (tertiary/aromatic N) is 5. The highest BCUT2D eigenvalue weighted by molar-refractivity contribution is 5.59. The highest BCUT2D eigenvalue weighted by Gasteiger charge is 2.33. The molecule has 4 rings (SSSR count). The minimum absolute atomic E-state index is 0.0329. The van der Waals surface area contributed by atoms with Gasteiger partial charge in [0.05, 0.1) is 40.1 Å². The van der Waals surface area contributed by atoms with Crippen LogP contribution in [0.3, 0.4) is 0 Å². The highest BCUT2D eigenvalue weighted by Crippen LogP contribution is 2.34. The lowest BCUT2D eigenvalue weighted by molar-refractivity contribution is -0.384. The van der Waals surface area contributed by atoms with Gasteiger partial charge in [0.1, 0.15) is 5.69 Å². The standard InChI is InChI=1S/C10H6F3N3O2.C10H8F3N3/c11-10(12,13)7-1-2-8(9(5-7)16(17)18)15-4-3-14-6-15;11-10(12,13)7-1-2-9(8(14)5-7)16-4-3-15-6-16/h1-6H;1-6H,14H2. The lowest BCUT2D eigenvalue weighted by atomic mass is 10.1. The van der Waals surface area contributed by atoms with Gasteiger partial charge in [0.25, 0.3) is 5.69 Å². The van der Waals surface area contributed by atoms with Crippen LogP contribution in [0.15, 0.2) is 73.8 Å². The van der Waals surface area contributed by atoms with Crippen molar-refractivity contribution in [1.82, 2.24) is 19.1 Å². The topological polar surface area (TPSA) is 105 Å². The molecule has 2 heterocycles. The number of anilines is 1. The van der Waals surface area contributed by atoms with E-state index in [1.807, 2.05) is 0 Å². The zero-order valence-corrected chi connectivity index (χ0v) is 16.8. The molecule has 2 aromatic carbocycles. The maximum atomic E-state index is 12.5. The molecule has 34 heavy (non-hydrogen) atoms. The van der Waals surface area contributed by atoms with E-state index in [0.717, 1.165) is 24.3 Å². The Morgan fingerprint density at radius 2 is 1.26 bits per heavy atom. The fourth-order valence-electron chi connectivity index (χ4n) is 2.83. The van der Waals surface area contributed by atoms with Crippen molar-refractivity contribution in [3.05, 3.63) is 95.1 Å². The molecule has 0 aliphatic rings. The zero-order valence-electron chi connectivity index (χ0n) is 16.8. The predicted molar refractivity (Wildman–Crippen MR) is 108 cm³/mol. The van der Waals surface area contributed by atoms with Crippen LogP contribution >= 0.6 is 0 Å². The molecule has 0 unspecified atom stereocenters. The molecule has 0 bridgehead atoms. The van der Waals surface area contributed by atoms with E-state index in [-0.39, 0.29) is 11.4 Å². The van der Waals surface area contributed by atoms with E-state index in [9.17, 15) is 36.5 Å². The fraction of sp³-hybridized carbons (Fsp3) is 0.100. The first-order chi connectivity index (χ1) is 15.9. The lowest BCUT2D eigenvalue weighted by Crippen LogP contribution is -2.07. The van der Waals surface area contributed by atoms with Crippen molar-refractivity contribution < 1.29 is 31.3 Å². The number of imidazole rings is 2. The molecule has 178 valence electrons. The molecule has 8 nitrogen and oxygen atoms in total. The van der Waals surface area contributed by atoms with E-state index < -0.39 is 34.1 Å². The monoisotopic (exact) mass is 484 g/mol. The van der Waals surface area contributed by atoms with Crippen LogP contribution in [0, 0.1) is 10.1 Å². The Labute approximate surface area is 187 Å². The predicted octanol–water partition coefficient (Wildman–Crippen LogP) is 5.27. The number of nitro groups is 1. The van der Waals surface area contributed by atoms with Crippen molar-refractivity contribution in [3.8, 4) is 11.4 Å². The number of rotatable bonds is 3. The molecule has 4 aromatic rings. The van der Waals surface area contributed by atoms with Crippen LogP contribution in [0.2, 0.25) is 0 Å². The number of nitrogen functional groups attached to an aromatic ring is 1. The summed E-state index contributed by atoms with van der Waals surface area (Å²) in [6, 6.07) is 5.57. The van der Waals surface area contributed by atoms with Crippen molar-refractivity contribution in [2.75, 3.05) is 5.73 Å². The summed E-state index contributed by atoms with van der Waals surface area (Å²) in [6.45, 7) is 0. The van der Waals surface area contributed by atoms with Crippen LogP contribution in [-0.2, 0) is 12.4 Å². The van der Waals surface area contributed by atoms with E-state index >= 15 is 0 Å². The summed E-state index contributed by atoms with van der Waals surface area (Å²) in [5.41, 5.74) is 3.70. The quantitative estimate of drug-likeness (QED) is 0.185. The van der Waals surface area contributed by atoms with Crippen LogP contribution < -0.4 is 5.73 Å². The molecule has 0 radical (unpaired) electrons. The van der Waals surface area contributed by atoms with Gasteiger partial charge in [0.15, 0.2) is 0 Å². The Bertz CT molecular complexity index is 1270. The smallest absolute Gasteiger partial charge is 0.397 e. The number of aromatic nitrogens is 4. The Hall–Kier alpha value is -4.36. The van der Waals surface area contributed by atoms with Gasteiger partial charge in [-0.2, -0.15) is 26.3 Å². The van der Waals surface area contributed by atoms with Crippen LogP contribution in [-0.4, -0.2) is 24.0 Å². The van der Waals surface area contributed by atoms with E-state index in [1.165, 1.54) is 41.9 Å². The van der Waals surface area contributed by atoms with E-state index in [4.69, 9.17) is 5.73 Å². The molecule has 2 N–H and O–H groups in total. The van der Waals surface area contributed by atoms with Crippen molar-refractivity contribution in [2.45, 2.75) is 12.4 Å².